The Morgan fingerprint density at radius 1 is 0.424 bits per heavy atom. The molecule has 1 aromatic heterocycles. The zero-order valence-corrected chi connectivity index (χ0v) is 32.3. The highest BCUT2D eigenvalue weighted by Crippen LogP contribution is 2.58. The van der Waals surface area contributed by atoms with Crippen LogP contribution < -0.4 is 4.90 Å². The summed E-state index contributed by atoms with van der Waals surface area (Å²) < 4.78 is 0. The van der Waals surface area contributed by atoms with Crippen molar-refractivity contribution in [3.8, 4) is 55.6 Å². The summed E-state index contributed by atoms with van der Waals surface area (Å²) in [5.74, 6) is 0. The van der Waals surface area contributed by atoms with E-state index in [1.165, 1.54) is 82.7 Å². The van der Waals surface area contributed by atoms with Crippen LogP contribution in [0.25, 0.3) is 88.1 Å². The fourth-order valence-electron chi connectivity index (χ4n) is 9.84. The van der Waals surface area contributed by atoms with Crippen LogP contribution in [0.5, 0.6) is 0 Å². The highest BCUT2D eigenvalue weighted by molar-refractivity contribution is 6.28. The lowest BCUT2D eigenvalue weighted by Crippen LogP contribution is -2.12. The van der Waals surface area contributed by atoms with Gasteiger partial charge in [-0.1, -0.05) is 146 Å². The Bertz CT molecular complexity index is 3220. The Balaban J connectivity index is 1.10. The van der Waals surface area contributed by atoms with E-state index in [0.717, 1.165) is 46.5 Å². The lowest BCUT2D eigenvalue weighted by atomic mass is 9.82. The maximum atomic E-state index is 4.89. The molecule has 0 spiro atoms. The zero-order chi connectivity index (χ0) is 38.9. The third-order valence-electron chi connectivity index (χ3n) is 12.3. The average Bonchev–Trinajstić information content (AvgIpc) is 3.64. The summed E-state index contributed by atoms with van der Waals surface area (Å²) in [5, 5.41) is 6.18. The van der Waals surface area contributed by atoms with Crippen LogP contribution in [0.15, 0.2) is 199 Å². The van der Waals surface area contributed by atoms with Crippen molar-refractivity contribution < 1.29 is 0 Å². The number of hydrogen-bond acceptors (Lipinski definition) is 3. The molecule has 1 aliphatic carbocycles. The number of pyridine rings is 1. The number of anilines is 3. The molecule has 12 rings (SSSR count). The van der Waals surface area contributed by atoms with Gasteiger partial charge in [0.05, 0.1) is 16.9 Å². The molecule has 1 aliphatic heterocycles. The third-order valence-corrected chi connectivity index (χ3v) is 12.3. The van der Waals surface area contributed by atoms with Crippen molar-refractivity contribution >= 4 is 61.4 Å². The second kappa shape index (κ2) is 13.5. The molecular weight excluding hydrogens is 715 g/mol. The number of rotatable bonds is 6. The van der Waals surface area contributed by atoms with Gasteiger partial charge in [0.15, 0.2) is 0 Å². The van der Waals surface area contributed by atoms with Crippen LogP contribution in [0.3, 0.4) is 0 Å². The second-order valence-corrected chi connectivity index (χ2v) is 15.5. The summed E-state index contributed by atoms with van der Waals surface area (Å²) in [6.07, 6.45) is 5.78. The largest absolute Gasteiger partial charge is 0.310 e. The maximum Gasteiger partial charge on any atom is 0.0982 e. The number of aromatic nitrogens is 1. The Labute approximate surface area is 343 Å². The van der Waals surface area contributed by atoms with E-state index >= 15 is 0 Å². The Hall–Kier alpha value is -7.62. The number of hydrogen-bond donors (Lipinski definition) is 0. The monoisotopic (exact) mass is 751 g/mol. The van der Waals surface area contributed by atoms with Crippen LogP contribution >= 0.6 is 0 Å². The van der Waals surface area contributed by atoms with Gasteiger partial charge in [-0.05, 0) is 138 Å². The van der Waals surface area contributed by atoms with Gasteiger partial charge < -0.3 is 4.90 Å². The summed E-state index contributed by atoms with van der Waals surface area (Å²) in [4.78, 5) is 12.1. The molecule has 0 radical (unpaired) electrons. The van der Waals surface area contributed by atoms with Gasteiger partial charge in [0.2, 0.25) is 0 Å². The number of aliphatic imine (C=N–C) groups is 1. The molecule has 0 fully saturated rings. The van der Waals surface area contributed by atoms with E-state index in [2.05, 4.69) is 187 Å². The molecular formula is C56H37N3. The smallest absolute Gasteiger partial charge is 0.0982 e. The topological polar surface area (TPSA) is 28.5 Å². The van der Waals surface area contributed by atoms with Gasteiger partial charge in [-0.3, -0.25) is 9.98 Å². The molecule has 0 bridgehead atoms. The molecule has 3 nitrogen and oxygen atoms in total. The number of aryl methyl sites for hydroxylation is 1. The van der Waals surface area contributed by atoms with Gasteiger partial charge in [0.1, 0.15) is 0 Å². The molecule has 0 saturated carbocycles. The van der Waals surface area contributed by atoms with Crippen molar-refractivity contribution in [3.63, 3.8) is 0 Å². The van der Waals surface area contributed by atoms with Crippen molar-refractivity contribution in [2.24, 2.45) is 4.99 Å². The van der Waals surface area contributed by atoms with Crippen molar-refractivity contribution in [3.05, 3.63) is 200 Å². The van der Waals surface area contributed by atoms with E-state index in [0.29, 0.717) is 0 Å². The quantitative estimate of drug-likeness (QED) is 0.169. The minimum atomic E-state index is 0.927. The Kier molecular flexibility index (Phi) is 7.67. The third kappa shape index (κ3) is 5.21. The van der Waals surface area contributed by atoms with Crippen LogP contribution in [-0.2, 0) is 6.42 Å². The van der Waals surface area contributed by atoms with E-state index in [1.54, 1.807) is 0 Å². The lowest BCUT2D eigenvalue weighted by Gasteiger charge is -2.28. The molecule has 0 saturated heterocycles. The predicted molar refractivity (Wildman–Crippen MR) is 249 cm³/mol. The molecule has 0 amide bonds. The van der Waals surface area contributed by atoms with Gasteiger partial charge in [0.25, 0.3) is 0 Å². The van der Waals surface area contributed by atoms with E-state index in [9.17, 15) is 0 Å². The SMILES string of the molecule is C1=Nc2c(cc(N(c3ccccc3)c3cccc(-c4ccc5c6c(cccc46)-c4c-5c(-c5ccccc5)c5ccccc5c4-c4ccccc4)c3)c3cccnc23)CC1. The highest BCUT2D eigenvalue weighted by Gasteiger charge is 2.31. The van der Waals surface area contributed by atoms with Crippen molar-refractivity contribution in [1.82, 2.24) is 4.98 Å². The van der Waals surface area contributed by atoms with Crippen LogP contribution in [0.1, 0.15) is 12.0 Å². The van der Waals surface area contributed by atoms with Gasteiger partial charge >= 0.3 is 0 Å². The van der Waals surface area contributed by atoms with Crippen molar-refractivity contribution in [2.75, 3.05) is 4.90 Å². The molecule has 2 heterocycles. The maximum absolute atomic E-state index is 4.89. The summed E-state index contributed by atoms with van der Waals surface area (Å²) in [6.45, 7) is 0. The minimum Gasteiger partial charge on any atom is -0.310 e. The first-order chi connectivity index (χ1) is 29.3. The molecule has 9 aromatic carbocycles. The summed E-state index contributed by atoms with van der Waals surface area (Å²) in [6, 6.07) is 68.8. The normalized spacial score (nSPS) is 12.5. The molecule has 2 aliphatic rings. The number of benzene rings is 9. The van der Waals surface area contributed by atoms with Crippen LogP contribution in [0.4, 0.5) is 22.7 Å². The van der Waals surface area contributed by atoms with Gasteiger partial charge in [-0.2, -0.15) is 0 Å². The average molecular weight is 752 g/mol. The van der Waals surface area contributed by atoms with Crippen LogP contribution in [0, 0.1) is 0 Å². The second-order valence-electron chi connectivity index (χ2n) is 15.5. The standard InChI is InChI=1S/C56H37N3/c1-4-16-36(17-5-1)50-44-25-10-11-26-45(44)51(37-18-6-2-7-19-37)54-48-31-30-42(43-27-13-28-47(52(43)48)53(50)54)38-20-12-24-41(34-38)59(40-22-8-3-9-23-40)49-35-39-21-14-32-57-55(39)56-46(49)29-15-33-58-56/h1-13,15-20,22-35H,14,21H2. The fraction of sp³-hybridized carbons (Fsp3) is 0.0357. The molecule has 0 unspecified atom stereocenters. The molecule has 0 N–H and O–H groups in total. The minimum absolute atomic E-state index is 0.927. The molecule has 10 aromatic rings. The first kappa shape index (κ1) is 33.5. The number of nitrogens with zero attached hydrogens (tertiary/aromatic N) is 3. The highest BCUT2D eigenvalue weighted by atomic mass is 15.1. The Morgan fingerprint density at radius 2 is 1.00 bits per heavy atom. The van der Waals surface area contributed by atoms with Crippen molar-refractivity contribution in [2.45, 2.75) is 12.8 Å². The van der Waals surface area contributed by atoms with E-state index in [-0.39, 0.29) is 0 Å². The molecule has 59 heavy (non-hydrogen) atoms. The summed E-state index contributed by atoms with van der Waals surface area (Å²) in [5.41, 5.74) is 19.1. The molecule has 3 heteroatoms. The van der Waals surface area contributed by atoms with Crippen LogP contribution in [0.2, 0.25) is 0 Å². The van der Waals surface area contributed by atoms with Gasteiger partial charge in [-0.25, -0.2) is 0 Å². The van der Waals surface area contributed by atoms with Crippen molar-refractivity contribution in [1.29, 1.82) is 0 Å². The summed E-state index contributed by atoms with van der Waals surface area (Å²) in [7, 11) is 0. The van der Waals surface area contributed by atoms with E-state index in [4.69, 9.17) is 9.98 Å². The van der Waals surface area contributed by atoms with Gasteiger partial charge in [-0.15, -0.1) is 0 Å². The van der Waals surface area contributed by atoms with E-state index in [1.807, 2.05) is 18.5 Å². The zero-order valence-electron chi connectivity index (χ0n) is 32.3. The lowest BCUT2D eigenvalue weighted by molar-refractivity contribution is 1.03. The molecule has 276 valence electrons. The first-order valence-electron chi connectivity index (χ1n) is 20.5. The number of fused-ring (bicyclic) bond motifs is 7. The fourth-order valence-corrected chi connectivity index (χ4v) is 9.84. The van der Waals surface area contributed by atoms with E-state index < -0.39 is 0 Å². The Morgan fingerprint density at radius 3 is 1.73 bits per heavy atom. The first-order valence-corrected chi connectivity index (χ1v) is 20.5. The number of para-hydroxylation sites is 1. The summed E-state index contributed by atoms with van der Waals surface area (Å²) >= 11 is 0. The predicted octanol–water partition coefficient (Wildman–Crippen LogP) is 15.3. The van der Waals surface area contributed by atoms with Gasteiger partial charge in [0, 0.05) is 29.2 Å². The van der Waals surface area contributed by atoms with Crippen LogP contribution in [-0.4, -0.2) is 11.2 Å². The molecule has 0 atom stereocenters.